The van der Waals surface area contributed by atoms with Crippen molar-refractivity contribution in [2.24, 2.45) is 5.92 Å². The molecule has 0 aromatic heterocycles. The molecule has 3 atom stereocenters. The van der Waals surface area contributed by atoms with Crippen molar-refractivity contribution < 1.29 is 14.6 Å². The molecule has 4 nitrogen and oxygen atoms in total. The SMILES string of the molecule is COC(=O)[C@@H](CO)N1C[C@H]2C=C[C@@H]1C2. The van der Waals surface area contributed by atoms with E-state index in [1.807, 2.05) is 4.90 Å². The van der Waals surface area contributed by atoms with Gasteiger partial charge in [0.1, 0.15) is 6.04 Å². The Hall–Kier alpha value is -0.870. The van der Waals surface area contributed by atoms with E-state index in [2.05, 4.69) is 16.9 Å². The summed E-state index contributed by atoms with van der Waals surface area (Å²) in [6, 6.07) is -0.170. The van der Waals surface area contributed by atoms with Crippen molar-refractivity contribution in [1.29, 1.82) is 0 Å². The largest absolute Gasteiger partial charge is 0.468 e. The molecule has 14 heavy (non-hydrogen) atoms. The van der Waals surface area contributed by atoms with Crippen LogP contribution in [0.15, 0.2) is 12.2 Å². The zero-order chi connectivity index (χ0) is 10.1. The third-order valence-corrected chi connectivity index (χ3v) is 3.07. The van der Waals surface area contributed by atoms with Crippen molar-refractivity contribution in [3.63, 3.8) is 0 Å². The van der Waals surface area contributed by atoms with Crippen molar-refractivity contribution in [3.8, 4) is 0 Å². The number of hydrogen-bond donors (Lipinski definition) is 1. The van der Waals surface area contributed by atoms with E-state index in [1.165, 1.54) is 7.11 Å². The number of aliphatic hydroxyl groups excluding tert-OH is 1. The van der Waals surface area contributed by atoms with E-state index in [0.29, 0.717) is 12.0 Å². The predicted molar refractivity (Wildman–Crippen MR) is 50.6 cm³/mol. The van der Waals surface area contributed by atoms with Gasteiger partial charge in [-0.1, -0.05) is 12.2 Å². The summed E-state index contributed by atoms with van der Waals surface area (Å²) in [4.78, 5) is 13.4. The lowest BCUT2D eigenvalue weighted by molar-refractivity contribution is -0.148. The first-order chi connectivity index (χ1) is 6.76. The number of hydrogen-bond acceptors (Lipinski definition) is 4. The Bertz CT molecular complexity index is 264. The molecule has 0 spiro atoms. The minimum atomic E-state index is -0.486. The Morgan fingerprint density at radius 3 is 2.93 bits per heavy atom. The van der Waals surface area contributed by atoms with Gasteiger partial charge in [-0.2, -0.15) is 0 Å². The zero-order valence-corrected chi connectivity index (χ0v) is 8.22. The highest BCUT2D eigenvalue weighted by Gasteiger charge is 2.40. The summed E-state index contributed by atoms with van der Waals surface area (Å²) in [7, 11) is 1.36. The molecule has 0 radical (unpaired) electrons. The topological polar surface area (TPSA) is 49.8 Å². The van der Waals surface area contributed by atoms with E-state index < -0.39 is 6.04 Å². The van der Waals surface area contributed by atoms with Crippen LogP contribution >= 0.6 is 0 Å². The summed E-state index contributed by atoms with van der Waals surface area (Å²) in [5.41, 5.74) is 0. The molecule has 1 aliphatic heterocycles. The van der Waals surface area contributed by atoms with Gasteiger partial charge in [-0.3, -0.25) is 9.69 Å². The van der Waals surface area contributed by atoms with Gasteiger partial charge >= 0.3 is 5.97 Å². The molecule has 0 amide bonds. The van der Waals surface area contributed by atoms with Gasteiger partial charge in [-0.15, -0.1) is 0 Å². The van der Waals surface area contributed by atoms with Crippen molar-refractivity contribution in [2.75, 3.05) is 20.3 Å². The van der Waals surface area contributed by atoms with Crippen molar-refractivity contribution in [1.82, 2.24) is 4.90 Å². The Labute approximate surface area is 83.2 Å². The fourth-order valence-electron chi connectivity index (χ4n) is 2.35. The average Bonchev–Trinajstić information content (AvgIpc) is 2.80. The summed E-state index contributed by atoms with van der Waals surface area (Å²) in [6.07, 6.45) is 5.38. The number of carbonyl (C=O) groups is 1. The zero-order valence-electron chi connectivity index (χ0n) is 8.22. The van der Waals surface area contributed by atoms with Crippen LogP contribution in [0.1, 0.15) is 6.42 Å². The lowest BCUT2D eigenvalue weighted by atomic mass is 10.1. The summed E-state index contributed by atoms with van der Waals surface area (Å²) < 4.78 is 4.66. The molecular weight excluding hydrogens is 182 g/mol. The lowest BCUT2D eigenvalue weighted by Gasteiger charge is -2.29. The second-order valence-corrected chi connectivity index (χ2v) is 3.87. The molecule has 2 aliphatic rings. The molecule has 0 aromatic carbocycles. The van der Waals surface area contributed by atoms with Crippen LogP contribution in [0, 0.1) is 5.92 Å². The number of aliphatic hydroxyl groups is 1. The summed E-state index contributed by atoms with van der Waals surface area (Å²) in [6.45, 7) is 0.700. The molecule has 0 unspecified atom stereocenters. The molecule has 2 bridgehead atoms. The Kier molecular flexibility index (Phi) is 2.56. The first kappa shape index (κ1) is 9.68. The van der Waals surface area contributed by atoms with Crippen LogP contribution in [0.25, 0.3) is 0 Å². The van der Waals surface area contributed by atoms with Gasteiger partial charge < -0.3 is 9.84 Å². The standard InChI is InChI=1S/C10H15NO3/c1-14-10(13)9(6-12)11-5-7-2-3-8(11)4-7/h2-3,7-9,12H,4-6H2,1H3/t7-,8+,9+/m0/s1. The van der Waals surface area contributed by atoms with E-state index in [9.17, 15) is 4.79 Å². The number of methoxy groups -OCH3 is 1. The van der Waals surface area contributed by atoms with Crippen molar-refractivity contribution in [3.05, 3.63) is 12.2 Å². The van der Waals surface area contributed by atoms with Crippen LogP contribution in [0.5, 0.6) is 0 Å². The van der Waals surface area contributed by atoms with Crippen LogP contribution < -0.4 is 0 Å². The first-order valence-electron chi connectivity index (χ1n) is 4.89. The second-order valence-electron chi connectivity index (χ2n) is 3.87. The maximum absolute atomic E-state index is 11.4. The highest BCUT2D eigenvalue weighted by Crippen LogP contribution is 2.32. The van der Waals surface area contributed by atoms with Crippen LogP contribution in [-0.2, 0) is 9.53 Å². The van der Waals surface area contributed by atoms with Gasteiger partial charge in [-0.25, -0.2) is 0 Å². The third-order valence-electron chi connectivity index (χ3n) is 3.07. The molecular formula is C10H15NO3. The maximum atomic E-state index is 11.4. The fraction of sp³-hybridized carbons (Fsp3) is 0.700. The number of likely N-dealkylation sites (tertiary alicyclic amines) is 1. The molecule has 2 rings (SSSR count). The molecule has 78 valence electrons. The smallest absolute Gasteiger partial charge is 0.325 e. The summed E-state index contributed by atoms with van der Waals surface area (Å²) in [5.74, 6) is 0.215. The van der Waals surface area contributed by atoms with Crippen LogP contribution in [0.4, 0.5) is 0 Å². The van der Waals surface area contributed by atoms with E-state index in [0.717, 1.165) is 13.0 Å². The van der Waals surface area contributed by atoms with Crippen molar-refractivity contribution >= 4 is 5.97 Å². The molecule has 0 aromatic rings. The van der Waals surface area contributed by atoms with Gasteiger partial charge in [0.2, 0.25) is 0 Å². The monoisotopic (exact) mass is 197 g/mol. The molecule has 1 N–H and O–H groups in total. The first-order valence-corrected chi connectivity index (χ1v) is 4.89. The number of rotatable bonds is 3. The normalized spacial score (nSPS) is 32.1. The molecule has 1 heterocycles. The number of nitrogens with zero attached hydrogens (tertiary/aromatic N) is 1. The van der Waals surface area contributed by atoms with Gasteiger partial charge in [0, 0.05) is 12.6 Å². The molecule has 4 heteroatoms. The van der Waals surface area contributed by atoms with Gasteiger partial charge in [0.25, 0.3) is 0 Å². The highest BCUT2D eigenvalue weighted by atomic mass is 16.5. The van der Waals surface area contributed by atoms with Crippen LogP contribution in [-0.4, -0.2) is 48.3 Å². The Balaban J connectivity index is 2.06. The molecule has 1 saturated heterocycles. The third kappa shape index (κ3) is 1.44. The summed E-state index contributed by atoms with van der Waals surface area (Å²) >= 11 is 0. The highest BCUT2D eigenvalue weighted by molar-refractivity contribution is 5.76. The number of carbonyl (C=O) groups excluding carboxylic acids is 1. The van der Waals surface area contributed by atoms with Crippen LogP contribution in [0.2, 0.25) is 0 Å². The molecule has 0 saturated carbocycles. The number of ether oxygens (including phenoxy) is 1. The minimum Gasteiger partial charge on any atom is -0.468 e. The minimum absolute atomic E-state index is 0.163. The van der Waals surface area contributed by atoms with E-state index >= 15 is 0 Å². The van der Waals surface area contributed by atoms with Crippen LogP contribution in [0.3, 0.4) is 0 Å². The van der Waals surface area contributed by atoms with E-state index in [1.54, 1.807) is 0 Å². The van der Waals surface area contributed by atoms with Crippen molar-refractivity contribution in [2.45, 2.75) is 18.5 Å². The summed E-state index contributed by atoms with van der Waals surface area (Å²) in [5, 5.41) is 9.15. The average molecular weight is 197 g/mol. The van der Waals surface area contributed by atoms with E-state index in [-0.39, 0.29) is 12.6 Å². The lowest BCUT2D eigenvalue weighted by Crippen LogP contribution is -2.47. The predicted octanol–water partition coefficient (Wildman–Crippen LogP) is -0.219. The second kappa shape index (κ2) is 3.71. The maximum Gasteiger partial charge on any atom is 0.325 e. The van der Waals surface area contributed by atoms with Gasteiger partial charge in [-0.05, 0) is 12.3 Å². The quantitative estimate of drug-likeness (QED) is 0.502. The Morgan fingerprint density at radius 1 is 1.71 bits per heavy atom. The van der Waals surface area contributed by atoms with Gasteiger partial charge in [0.05, 0.1) is 13.7 Å². The molecule has 1 aliphatic carbocycles. The number of fused-ring (bicyclic) bond motifs is 2. The molecule has 1 fully saturated rings. The van der Waals surface area contributed by atoms with Gasteiger partial charge in [0.15, 0.2) is 0 Å². The number of esters is 1. The fourth-order valence-corrected chi connectivity index (χ4v) is 2.35. The van der Waals surface area contributed by atoms with E-state index in [4.69, 9.17) is 5.11 Å². The Morgan fingerprint density at radius 2 is 2.50 bits per heavy atom.